The van der Waals surface area contributed by atoms with E-state index in [0.717, 1.165) is 12.3 Å². The molecule has 0 aliphatic heterocycles. The van der Waals surface area contributed by atoms with Crippen LogP contribution in [-0.2, 0) is 0 Å². The van der Waals surface area contributed by atoms with E-state index >= 15 is 0 Å². The number of anilines is 1. The predicted molar refractivity (Wildman–Crippen MR) is 103 cm³/mol. The van der Waals surface area contributed by atoms with Gasteiger partial charge in [-0.05, 0) is 6.07 Å². The third-order valence-corrected chi connectivity index (χ3v) is 4.39. The molecule has 0 aliphatic rings. The van der Waals surface area contributed by atoms with Crippen molar-refractivity contribution < 1.29 is 8.78 Å². The topological polar surface area (TPSA) is 93.9 Å². The lowest BCUT2D eigenvalue weighted by Gasteiger charge is -2.06. The molecule has 0 spiro atoms. The van der Waals surface area contributed by atoms with E-state index in [0.29, 0.717) is 5.56 Å². The summed E-state index contributed by atoms with van der Waals surface area (Å²) in [6, 6.07) is 11.1. The minimum absolute atomic E-state index is 0.113. The molecule has 2 aromatic carbocycles. The molecule has 3 rings (SSSR count). The number of hydrogen-bond acceptors (Lipinski definition) is 5. The van der Waals surface area contributed by atoms with Gasteiger partial charge in [-0.2, -0.15) is 10.4 Å². The van der Waals surface area contributed by atoms with Crippen molar-refractivity contribution in [1.82, 2.24) is 9.97 Å². The molecule has 6 nitrogen and oxygen atoms in total. The predicted octanol–water partition coefficient (Wildman–Crippen LogP) is 4.34. The maximum atomic E-state index is 13.9. The van der Waals surface area contributed by atoms with Crippen LogP contribution in [0.2, 0.25) is 10.0 Å². The molecule has 1 heterocycles. The highest BCUT2D eigenvalue weighted by atomic mass is 35.5. The van der Waals surface area contributed by atoms with Gasteiger partial charge in [0.05, 0.1) is 27.5 Å². The molecule has 0 aliphatic carbocycles. The van der Waals surface area contributed by atoms with Crippen molar-refractivity contribution >= 4 is 35.4 Å². The summed E-state index contributed by atoms with van der Waals surface area (Å²) in [5.74, 6) is -2.53. The zero-order valence-electron chi connectivity index (χ0n) is 13.8. The fourth-order valence-corrected chi connectivity index (χ4v) is 2.68. The van der Waals surface area contributed by atoms with Crippen molar-refractivity contribution in [3.05, 3.63) is 79.6 Å². The van der Waals surface area contributed by atoms with E-state index in [-0.39, 0.29) is 32.8 Å². The second-order valence-electron chi connectivity index (χ2n) is 5.37. The second kappa shape index (κ2) is 8.17. The molecule has 0 atom stereocenters. The summed E-state index contributed by atoms with van der Waals surface area (Å²) in [6.45, 7) is 0. The van der Waals surface area contributed by atoms with Crippen molar-refractivity contribution in [2.75, 3.05) is 5.43 Å². The van der Waals surface area contributed by atoms with Crippen molar-refractivity contribution in [3.63, 3.8) is 0 Å². The Kier molecular flexibility index (Phi) is 5.68. The molecule has 10 heteroatoms. The first-order valence-electron chi connectivity index (χ1n) is 7.64. The highest BCUT2D eigenvalue weighted by Gasteiger charge is 2.15. The molecule has 0 fully saturated rings. The van der Waals surface area contributed by atoms with Gasteiger partial charge in [-0.3, -0.25) is 9.78 Å². The summed E-state index contributed by atoms with van der Waals surface area (Å²) < 4.78 is 27.3. The lowest BCUT2D eigenvalue weighted by atomic mass is 10.1. The van der Waals surface area contributed by atoms with E-state index in [9.17, 15) is 18.8 Å². The van der Waals surface area contributed by atoms with Crippen LogP contribution >= 0.6 is 23.2 Å². The summed E-state index contributed by atoms with van der Waals surface area (Å²) in [5, 5.41) is 12.5. The maximum absolute atomic E-state index is 13.9. The maximum Gasteiger partial charge on any atom is 0.270 e. The van der Waals surface area contributed by atoms with Crippen LogP contribution in [0, 0.1) is 23.0 Å². The van der Waals surface area contributed by atoms with E-state index in [1.54, 1.807) is 36.4 Å². The molecule has 0 saturated carbocycles. The van der Waals surface area contributed by atoms with Crippen LogP contribution in [0.1, 0.15) is 11.1 Å². The molecule has 0 bridgehead atoms. The number of nitriles is 1. The summed E-state index contributed by atoms with van der Waals surface area (Å²) in [6.07, 6.45) is 0.896. The third kappa shape index (κ3) is 3.86. The Hall–Kier alpha value is -3.28. The van der Waals surface area contributed by atoms with E-state index in [1.807, 2.05) is 0 Å². The third-order valence-electron chi connectivity index (χ3n) is 3.59. The Morgan fingerprint density at radius 1 is 1.25 bits per heavy atom. The minimum atomic E-state index is -1.23. The molecule has 28 heavy (non-hydrogen) atoms. The SMILES string of the molecule is N#Cc1c(-c2ccccc2)nc(NN=Cc2c(F)c(F)cc(Cl)c2Cl)[nH]c1=O. The molecule has 0 amide bonds. The summed E-state index contributed by atoms with van der Waals surface area (Å²) in [5.41, 5.74) is 1.84. The van der Waals surface area contributed by atoms with Gasteiger partial charge >= 0.3 is 0 Å². The highest BCUT2D eigenvalue weighted by molar-refractivity contribution is 6.43. The quantitative estimate of drug-likeness (QED) is 0.373. The van der Waals surface area contributed by atoms with Crippen molar-refractivity contribution in [3.8, 4) is 17.3 Å². The van der Waals surface area contributed by atoms with Crippen LogP contribution in [-0.4, -0.2) is 16.2 Å². The Labute approximate surface area is 167 Å². The van der Waals surface area contributed by atoms with Crippen LogP contribution in [0.3, 0.4) is 0 Å². The number of aromatic nitrogens is 2. The van der Waals surface area contributed by atoms with Gasteiger partial charge in [-0.25, -0.2) is 19.2 Å². The standard InChI is InChI=1S/C18H9Cl2F2N5O/c19-12-6-13(21)15(22)11(14(12)20)8-24-27-18-25-16(9-4-2-1-3-5-9)10(7-23)17(28)26-18/h1-6,8H,(H2,25,26,27,28). The largest absolute Gasteiger partial charge is 0.290 e. The van der Waals surface area contributed by atoms with Crippen LogP contribution in [0.15, 0.2) is 46.3 Å². The smallest absolute Gasteiger partial charge is 0.270 e. The normalized spacial score (nSPS) is 10.8. The Bertz CT molecular complexity index is 1150. The van der Waals surface area contributed by atoms with Gasteiger partial charge in [0.1, 0.15) is 11.6 Å². The molecule has 3 aromatic rings. The molecule has 0 unspecified atom stereocenters. The highest BCUT2D eigenvalue weighted by Crippen LogP contribution is 2.28. The number of rotatable bonds is 4. The molecule has 140 valence electrons. The van der Waals surface area contributed by atoms with Crippen LogP contribution in [0.5, 0.6) is 0 Å². The fraction of sp³-hybridized carbons (Fsp3) is 0. The average Bonchev–Trinajstić information content (AvgIpc) is 2.69. The molecule has 2 N–H and O–H groups in total. The molecule has 1 aromatic heterocycles. The van der Waals surface area contributed by atoms with E-state index in [4.69, 9.17) is 23.2 Å². The number of aromatic amines is 1. The minimum Gasteiger partial charge on any atom is -0.290 e. The molecule has 0 saturated heterocycles. The number of hydrazone groups is 1. The zero-order valence-corrected chi connectivity index (χ0v) is 15.3. The van der Waals surface area contributed by atoms with Gasteiger partial charge in [0.25, 0.3) is 5.56 Å². The molecule has 0 radical (unpaired) electrons. The Morgan fingerprint density at radius 2 is 1.96 bits per heavy atom. The zero-order chi connectivity index (χ0) is 20.3. The first kappa shape index (κ1) is 19.5. The van der Waals surface area contributed by atoms with E-state index in [1.165, 1.54) is 0 Å². The van der Waals surface area contributed by atoms with Gasteiger partial charge in [0.2, 0.25) is 5.95 Å². The number of halogens is 4. The van der Waals surface area contributed by atoms with Crippen molar-refractivity contribution in [1.29, 1.82) is 5.26 Å². The first-order chi connectivity index (χ1) is 13.4. The monoisotopic (exact) mass is 419 g/mol. The second-order valence-corrected chi connectivity index (χ2v) is 6.15. The van der Waals surface area contributed by atoms with Crippen LogP contribution < -0.4 is 11.0 Å². The van der Waals surface area contributed by atoms with Gasteiger partial charge < -0.3 is 0 Å². The van der Waals surface area contributed by atoms with Gasteiger partial charge in [-0.1, -0.05) is 53.5 Å². The first-order valence-corrected chi connectivity index (χ1v) is 8.40. The van der Waals surface area contributed by atoms with Crippen molar-refractivity contribution in [2.24, 2.45) is 5.10 Å². The summed E-state index contributed by atoms with van der Waals surface area (Å²) in [7, 11) is 0. The number of nitrogens with zero attached hydrogens (tertiary/aromatic N) is 3. The average molecular weight is 420 g/mol. The van der Waals surface area contributed by atoms with Crippen molar-refractivity contribution in [2.45, 2.75) is 0 Å². The fourth-order valence-electron chi connectivity index (χ4n) is 2.30. The van der Waals surface area contributed by atoms with E-state index < -0.39 is 17.2 Å². The van der Waals surface area contributed by atoms with Gasteiger partial charge in [0.15, 0.2) is 11.6 Å². The van der Waals surface area contributed by atoms with Crippen LogP contribution in [0.4, 0.5) is 14.7 Å². The number of hydrogen-bond donors (Lipinski definition) is 2. The lowest BCUT2D eigenvalue weighted by molar-refractivity contribution is 0.507. The lowest BCUT2D eigenvalue weighted by Crippen LogP contribution is -2.16. The summed E-state index contributed by atoms with van der Waals surface area (Å²) >= 11 is 11.6. The van der Waals surface area contributed by atoms with Crippen LogP contribution in [0.25, 0.3) is 11.3 Å². The van der Waals surface area contributed by atoms with Gasteiger partial charge in [0, 0.05) is 5.56 Å². The molecular formula is C18H9Cl2F2N5O. The Morgan fingerprint density at radius 3 is 2.64 bits per heavy atom. The Balaban J connectivity index is 1.97. The van der Waals surface area contributed by atoms with Gasteiger partial charge in [-0.15, -0.1) is 0 Å². The molecular weight excluding hydrogens is 411 g/mol. The summed E-state index contributed by atoms with van der Waals surface area (Å²) in [4.78, 5) is 18.6. The number of H-pyrrole nitrogens is 1. The number of benzene rings is 2. The number of nitrogens with one attached hydrogen (secondary N) is 2. The van der Waals surface area contributed by atoms with E-state index in [2.05, 4.69) is 20.5 Å².